The number of hydrogen-bond acceptors (Lipinski definition) is 7. The molecule has 0 aliphatic rings. The molecule has 0 radical (unpaired) electrons. The number of thiazole rings is 1. The number of aromatic nitrogens is 1. The molecule has 0 spiro atoms. The van der Waals surface area contributed by atoms with Gasteiger partial charge in [0.1, 0.15) is 5.75 Å². The van der Waals surface area contributed by atoms with Crippen molar-refractivity contribution in [2.75, 3.05) is 11.9 Å². The van der Waals surface area contributed by atoms with Crippen LogP contribution in [-0.4, -0.2) is 22.4 Å². The van der Waals surface area contributed by atoms with E-state index in [1.807, 2.05) is 25.1 Å². The van der Waals surface area contributed by atoms with Crippen LogP contribution in [0.2, 0.25) is 0 Å². The number of nitrogens with zero attached hydrogens (tertiary/aromatic N) is 2. The average molecular weight is 399 g/mol. The number of nitro benzene ring substituents is 1. The fourth-order valence-electron chi connectivity index (χ4n) is 2.63. The smallest absolute Gasteiger partial charge is 0.270 e. The van der Waals surface area contributed by atoms with Crippen LogP contribution in [0.5, 0.6) is 5.75 Å². The number of amides is 1. The Labute approximate surface area is 161 Å². The van der Waals surface area contributed by atoms with E-state index >= 15 is 0 Å². The molecule has 1 amide bonds. The number of anilines is 1. The molecule has 0 saturated heterocycles. The third-order valence-electron chi connectivity index (χ3n) is 3.83. The van der Waals surface area contributed by atoms with Gasteiger partial charge in [0.05, 0.1) is 26.6 Å². The van der Waals surface area contributed by atoms with E-state index in [0.717, 1.165) is 20.7 Å². The van der Waals surface area contributed by atoms with Crippen molar-refractivity contribution in [3.05, 3.63) is 57.5 Å². The number of thiophene rings is 1. The van der Waals surface area contributed by atoms with Gasteiger partial charge in [-0.2, -0.15) is 0 Å². The first-order chi connectivity index (χ1) is 13.0. The second-order valence-electron chi connectivity index (χ2n) is 5.63. The molecule has 0 unspecified atom stereocenters. The highest BCUT2D eigenvalue weighted by Gasteiger charge is 2.15. The van der Waals surface area contributed by atoms with Gasteiger partial charge in [0.2, 0.25) is 0 Å². The fourth-order valence-corrected chi connectivity index (χ4v) is 4.46. The lowest BCUT2D eigenvalue weighted by Crippen LogP contribution is -2.09. The minimum atomic E-state index is -0.450. The number of rotatable bonds is 5. The maximum Gasteiger partial charge on any atom is 0.270 e. The second-order valence-corrected chi connectivity index (χ2v) is 7.74. The lowest BCUT2D eigenvalue weighted by atomic mass is 10.2. The molecule has 4 aromatic rings. The van der Waals surface area contributed by atoms with Gasteiger partial charge < -0.3 is 4.74 Å². The van der Waals surface area contributed by atoms with Gasteiger partial charge in [-0.25, -0.2) is 4.98 Å². The maximum absolute atomic E-state index is 12.6. The number of ether oxygens (including phenoxy) is 1. The molecular formula is C18H13N3O4S2. The molecule has 2 aromatic carbocycles. The van der Waals surface area contributed by atoms with E-state index in [4.69, 9.17) is 4.74 Å². The van der Waals surface area contributed by atoms with E-state index in [9.17, 15) is 14.9 Å². The number of hydrogen-bond donors (Lipinski definition) is 1. The zero-order valence-corrected chi connectivity index (χ0v) is 15.7. The zero-order valence-electron chi connectivity index (χ0n) is 14.1. The SMILES string of the molecule is CCOc1ccc2nc(NC(=O)c3cc4cc([N+](=O)[O-])ccc4s3)sc2c1. The van der Waals surface area contributed by atoms with E-state index in [-0.39, 0.29) is 11.6 Å². The van der Waals surface area contributed by atoms with Gasteiger partial charge in [-0.05, 0) is 37.3 Å². The molecule has 7 nitrogen and oxygen atoms in total. The topological polar surface area (TPSA) is 94.4 Å². The standard InChI is InChI=1S/C18H13N3O4S2/c1-2-25-12-4-5-13-15(9-12)27-18(19-13)20-17(22)16-8-10-7-11(21(23)24)3-6-14(10)26-16/h3-9H,2H2,1H3,(H,19,20,22). The van der Waals surface area contributed by atoms with Gasteiger partial charge in [0, 0.05) is 22.2 Å². The normalized spacial score (nSPS) is 11.0. The van der Waals surface area contributed by atoms with Crippen LogP contribution in [-0.2, 0) is 0 Å². The van der Waals surface area contributed by atoms with Gasteiger partial charge in [-0.3, -0.25) is 20.2 Å². The fraction of sp³-hybridized carbons (Fsp3) is 0.111. The average Bonchev–Trinajstić information content (AvgIpc) is 3.24. The Morgan fingerprint density at radius 2 is 2.04 bits per heavy atom. The molecule has 1 N–H and O–H groups in total. The zero-order chi connectivity index (χ0) is 19.0. The van der Waals surface area contributed by atoms with E-state index in [1.165, 1.54) is 34.8 Å². The van der Waals surface area contributed by atoms with Crippen molar-refractivity contribution in [3.8, 4) is 5.75 Å². The number of carbonyl (C=O) groups excluding carboxylic acids is 1. The highest BCUT2D eigenvalue weighted by Crippen LogP contribution is 2.32. The summed E-state index contributed by atoms with van der Waals surface area (Å²) in [7, 11) is 0. The quantitative estimate of drug-likeness (QED) is 0.373. The van der Waals surface area contributed by atoms with Crippen LogP contribution < -0.4 is 10.1 Å². The largest absolute Gasteiger partial charge is 0.494 e. The number of benzene rings is 2. The molecule has 0 fully saturated rings. The van der Waals surface area contributed by atoms with Crippen molar-refractivity contribution >= 4 is 59.7 Å². The Balaban J connectivity index is 1.59. The van der Waals surface area contributed by atoms with Gasteiger partial charge >= 0.3 is 0 Å². The Bertz CT molecular complexity index is 1180. The molecule has 0 saturated carbocycles. The van der Waals surface area contributed by atoms with Crippen LogP contribution in [0.15, 0.2) is 42.5 Å². The highest BCUT2D eigenvalue weighted by atomic mass is 32.1. The van der Waals surface area contributed by atoms with Crippen LogP contribution in [0, 0.1) is 10.1 Å². The summed E-state index contributed by atoms with van der Waals surface area (Å²) < 4.78 is 7.21. The van der Waals surface area contributed by atoms with Crippen molar-refractivity contribution in [1.82, 2.24) is 4.98 Å². The van der Waals surface area contributed by atoms with Crippen molar-refractivity contribution in [2.24, 2.45) is 0 Å². The summed E-state index contributed by atoms with van der Waals surface area (Å²) in [5, 5.41) is 14.9. The molecule has 0 aliphatic carbocycles. The van der Waals surface area contributed by atoms with Crippen LogP contribution in [0.1, 0.15) is 16.6 Å². The molecular weight excluding hydrogens is 386 g/mol. The van der Waals surface area contributed by atoms with Crippen LogP contribution >= 0.6 is 22.7 Å². The molecule has 136 valence electrons. The van der Waals surface area contributed by atoms with E-state index in [0.29, 0.717) is 22.0 Å². The number of non-ortho nitro benzene ring substituents is 1. The lowest BCUT2D eigenvalue weighted by Gasteiger charge is -2.00. The monoisotopic (exact) mass is 399 g/mol. The maximum atomic E-state index is 12.6. The predicted molar refractivity (Wildman–Crippen MR) is 107 cm³/mol. The minimum absolute atomic E-state index is 0.00327. The first-order valence-electron chi connectivity index (χ1n) is 8.06. The number of carbonyl (C=O) groups is 1. The summed E-state index contributed by atoms with van der Waals surface area (Å²) in [6.45, 7) is 2.50. The first-order valence-corrected chi connectivity index (χ1v) is 9.69. The Hall–Kier alpha value is -3.04. The third kappa shape index (κ3) is 3.46. The summed E-state index contributed by atoms with van der Waals surface area (Å²) >= 11 is 2.65. The van der Waals surface area contributed by atoms with Gasteiger partial charge in [0.15, 0.2) is 5.13 Å². The summed E-state index contributed by atoms with van der Waals surface area (Å²) in [5.74, 6) is 0.473. The molecule has 4 rings (SSSR count). The molecule has 2 heterocycles. The molecule has 27 heavy (non-hydrogen) atoms. The van der Waals surface area contributed by atoms with E-state index in [2.05, 4.69) is 10.3 Å². The number of fused-ring (bicyclic) bond motifs is 2. The molecule has 9 heteroatoms. The van der Waals surface area contributed by atoms with E-state index < -0.39 is 4.92 Å². The summed E-state index contributed by atoms with van der Waals surface area (Å²) in [6.07, 6.45) is 0. The van der Waals surface area contributed by atoms with Gasteiger partial charge in [0.25, 0.3) is 11.6 Å². The Morgan fingerprint density at radius 1 is 1.19 bits per heavy atom. The van der Waals surface area contributed by atoms with Crippen LogP contribution in [0.25, 0.3) is 20.3 Å². The third-order valence-corrected chi connectivity index (χ3v) is 5.87. The molecule has 2 aromatic heterocycles. The minimum Gasteiger partial charge on any atom is -0.494 e. The van der Waals surface area contributed by atoms with Gasteiger partial charge in [-0.1, -0.05) is 11.3 Å². The molecule has 0 atom stereocenters. The lowest BCUT2D eigenvalue weighted by molar-refractivity contribution is -0.384. The Morgan fingerprint density at radius 3 is 2.81 bits per heavy atom. The summed E-state index contributed by atoms with van der Waals surface area (Å²) in [6, 6.07) is 11.8. The van der Waals surface area contributed by atoms with Crippen molar-refractivity contribution in [1.29, 1.82) is 0 Å². The van der Waals surface area contributed by atoms with Gasteiger partial charge in [-0.15, -0.1) is 11.3 Å². The molecule has 0 bridgehead atoms. The summed E-state index contributed by atoms with van der Waals surface area (Å²) in [5.41, 5.74) is 0.786. The molecule has 0 aliphatic heterocycles. The van der Waals surface area contributed by atoms with E-state index in [1.54, 1.807) is 12.1 Å². The van der Waals surface area contributed by atoms with Crippen LogP contribution in [0.4, 0.5) is 10.8 Å². The van der Waals surface area contributed by atoms with Crippen molar-refractivity contribution in [3.63, 3.8) is 0 Å². The summed E-state index contributed by atoms with van der Waals surface area (Å²) in [4.78, 5) is 27.9. The predicted octanol–water partition coefficient (Wildman–Crippen LogP) is 5.07. The second kappa shape index (κ2) is 6.93. The first kappa shape index (κ1) is 17.4. The Kier molecular flexibility index (Phi) is 4.46. The number of nitrogens with one attached hydrogen (secondary N) is 1. The van der Waals surface area contributed by atoms with Crippen LogP contribution in [0.3, 0.4) is 0 Å². The highest BCUT2D eigenvalue weighted by molar-refractivity contribution is 7.23. The number of nitro groups is 1. The van der Waals surface area contributed by atoms with Crippen molar-refractivity contribution < 1.29 is 14.5 Å². The van der Waals surface area contributed by atoms with Crippen molar-refractivity contribution in [2.45, 2.75) is 6.92 Å².